The maximum absolute atomic E-state index is 5.85. The third kappa shape index (κ3) is 1.36. The summed E-state index contributed by atoms with van der Waals surface area (Å²) < 4.78 is 7.10. The van der Waals surface area contributed by atoms with Gasteiger partial charge in [-0.15, -0.1) is 10.2 Å². The fourth-order valence-electron chi connectivity index (χ4n) is 1.79. The van der Waals surface area contributed by atoms with Crippen molar-refractivity contribution in [3.05, 3.63) is 24.0 Å². The molecule has 0 saturated heterocycles. The first-order chi connectivity index (χ1) is 8.16. The Morgan fingerprint density at radius 3 is 2.82 bits per heavy atom. The third-order valence-electron chi connectivity index (χ3n) is 2.52. The maximum Gasteiger partial charge on any atom is 0.250 e. The van der Waals surface area contributed by atoms with Crippen molar-refractivity contribution < 1.29 is 4.42 Å². The highest BCUT2D eigenvalue weighted by atomic mass is 16.4. The molecule has 0 aliphatic carbocycles. The SMILES string of the molecule is Cc1nnc(-c2cc(C)n3ncnc(N)c23)o1. The van der Waals surface area contributed by atoms with Crippen LogP contribution in [-0.2, 0) is 0 Å². The Labute approximate surface area is 96.3 Å². The Bertz CT molecular complexity index is 698. The largest absolute Gasteiger partial charge is 0.421 e. The van der Waals surface area contributed by atoms with Gasteiger partial charge in [0.25, 0.3) is 0 Å². The van der Waals surface area contributed by atoms with Crippen molar-refractivity contribution in [2.75, 3.05) is 5.73 Å². The highest BCUT2D eigenvalue weighted by molar-refractivity contribution is 5.84. The number of rotatable bonds is 1. The van der Waals surface area contributed by atoms with Crippen molar-refractivity contribution in [2.45, 2.75) is 13.8 Å². The van der Waals surface area contributed by atoms with Crippen LogP contribution in [0.4, 0.5) is 5.82 Å². The Morgan fingerprint density at radius 2 is 2.12 bits per heavy atom. The van der Waals surface area contributed by atoms with Crippen molar-refractivity contribution in [3.8, 4) is 11.5 Å². The van der Waals surface area contributed by atoms with E-state index in [0.29, 0.717) is 23.1 Å². The van der Waals surface area contributed by atoms with Gasteiger partial charge >= 0.3 is 0 Å². The molecule has 0 unspecified atom stereocenters. The molecular formula is C10H10N6O. The monoisotopic (exact) mass is 230 g/mol. The van der Waals surface area contributed by atoms with E-state index in [0.717, 1.165) is 11.3 Å². The first-order valence-corrected chi connectivity index (χ1v) is 5.06. The molecular weight excluding hydrogens is 220 g/mol. The number of nitrogen functional groups attached to an aromatic ring is 1. The summed E-state index contributed by atoms with van der Waals surface area (Å²) in [5.41, 5.74) is 8.22. The molecule has 7 nitrogen and oxygen atoms in total. The van der Waals surface area contributed by atoms with Gasteiger partial charge in [-0.25, -0.2) is 9.50 Å². The molecule has 17 heavy (non-hydrogen) atoms. The molecule has 3 aromatic heterocycles. The lowest BCUT2D eigenvalue weighted by Crippen LogP contribution is -2.00. The van der Waals surface area contributed by atoms with Crippen LogP contribution in [0.25, 0.3) is 17.0 Å². The normalized spacial score (nSPS) is 11.2. The van der Waals surface area contributed by atoms with Crippen LogP contribution in [0.15, 0.2) is 16.8 Å². The lowest BCUT2D eigenvalue weighted by Gasteiger charge is -1.99. The smallest absolute Gasteiger partial charge is 0.250 e. The molecule has 7 heteroatoms. The molecule has 0 aliphatic rings. The number of anilines is 1. The lowest BCUT2D eigenvalue weighted by atomic mass is 10.2. The van der Waals surface area contributed by atoms with E-state index in [1.54, 1.807) is 11.4 Å². The number of hydrogen-bond donors (Lipinski definition) is 1. The zero-order chi connectivity index (χ0) is 12.0. The summed E-state index contributed by atoms with van der Waals surface area (Å²) in [5.74, 6) is 1.32. The van der Waals surface area contributed by atoms with Gasteiger partial charge in [-0.1, -0.05) is 0 Å². The van der Waals surface area contributed by atoms with Crippen LogP contribution < -0.4 is 5.73 Å². The van der Waals surface area contributed by atoms with Crippen molar-refractivity contribution >= 4 is 11.3 Å². The summed E-state index contributed by atoms with van der Waals surface area (Å²) >= 11 is 0. The van der Waals surface area contributed by atoms with Gasteiger partial charge in [0.15, 0.2) is 5.82 Å². The zero-order valence-corrected chi connectivity index (χ0v) is 9.38. The minimum Gasteiger partial charge on any atom is -0.421 e. The summed E-state index contributed by atoms with van der Waals surface area (Å²) in [4.78, 5) is 3.97. The standard InChI is InChI=1S/C10H10N6O/c1-5-3-7(10-15-14-6(2)17-10)8-9(11)12-4-13-16(5)8/h3-4H,1-2H3,(H2,11,12,13). The topological polar surface area (TPSA) is 95.1 Å². The minimum absolute atomic E-state index is 0.388. The summed E-state index contributed by atoms with van der Waals surface area (Å²) in [6.45, 7) is 3.66. The molecule has 0 atom stereocenters. The molecule has 86 valence electrons. The van der Waals surface area contributed by atoms with E-state index in [4.69, 9.17) is 10.2 Å². The first-order valence-electron chi connectivity index (χ1n) is 5.06. The molecule has 0 saturated carbocycles. The van der Waals surface area contributed by atoms with Crippen LogP contribution in [-0.4, -0.2) is 24.8 Å². The van der Waals surface area contributed by atoms with Gasteiger partial charge in [-0.3, -0.25) is 0 Å². The van der Waals surface area contributed by atoms with Crippen LogP contribution >= 0.6 is 0 Å². The third-order valence-corrected chi connectivity index (χ3v) is 2.52. The Hall–Kier alpha value is -2.44. The quantitative estimate of drug-likeness (QED) is 0.669. The highest BCUT2D eigenvalue weighted by Crippen LogP contribution is 2.28. The van der Waals surface area contributed by atoms with E-state index < -0.39 is 0 Å². The maximum atomic E-state index is 5.85. The second-order valence-electron chi connectivity index (χ2n) is 3.73. The summed E-state index contributed by atoms with van der Waals surface area (Å²) in [7, 11) is 0. The van der Waals surface area contributed by atoms with Crippen molar-refractivity contribution in [1.29, 1.82) is 0 Å². The summed E-state index contributed by atoms with van der Waals surface area (Å²) in [5, 5.41) is 11.9. The molecule has 0 radical (unpaired) electrons. The highest BCUT2D eigenvalue weighted by Gasteiger charge is 2.16. The molecule has 0 aliphatic heterocycles. The summed E-state index contributed by atoms with van der Waals surface area (Å²) in [6.07, 6.45) is 1.41. The lowest BCUT2D eigenvalue weighted by molar-refractivity contribution is 0.533. The Kier molecular flexibility index (Phi) is 1.88. The fourth-order valence-corrected chi connectivity index (χ4v) is 1.79. The zero-order valence-electron chi connectivity index (χ0n) is 9.38. The molecule has 3 rings (SSSR count). The number of aromatic nitrogens is 5. The number of nitrogens with two attached hydrogens (primary N) is 1. The number of fused-ring (bicyclic) bond motifs is 1. The van der Waals surface area contributed by atoms with Gasteiger partial charge in [-0.05, 0) is 13.0 Å². The van der Waals surface area contributed by atoms with Gasteiger partial charge in [0.05, 0.1) is 5.56 Å². The van der Waals surface area contributed by atoms with Crippen molar-refractivity contribution in [3.63, 3.8) is 0 Å². The summed E-state index contributed by atoms with van der Waals surface area (Å²) in [6, 6.07) is 1.90. The van der Waals surface area contributed by atoms with Crippen LogP contribution in [0, 0.1) is 13.8 Å². The average Bonchev–Trinajstić information content (AvgIpc) is 2.85. The fraction of sp³-hybridized carbons (Fsp3) is 0.200. The molecule has 0 spiro atoms. The Balaban J connectivity index is 2.37. The van der Waals surface area contributed by atoms with Gasteiger partial charge in [0, 0.05) is 12.6 Å². The van der Waals surface area contributed by atoms with Crippen LogP contribution in [0.5, 0.6) is 0 Å². The predicted octanol–water partition coefficient (Wildman–Crippen LogP) is 0.978. The van der Waals surface area contributed by atoms with E-state index in [-0.39, 0.29) is 0 Å². The number of nitrogens with zero attached hydrogens (tertiary/aromatic N) is 5. The number of aryl methyl sites for hydroxylation is 2. The van der Waals surface area contributed by atoms with Crippen molar-refractivity contribution in [2.24, 2.45) is 0 Å². The van der Waals surface area contributed by atoms with E-state index in [2.05, 4.69) is 20.3 Å². The second-order valence-corrected chi connectivity index (χ2v) is 3.73. The molecule has 0 fully saturated rings. The van der Waals surface area contributed by atoms with E-state index in [9.17, 15) is 0 Å². The molecule has 3 aromatic rings. The minimum atomic E-state index is 0.388. The first kappa shape index (κ1) is 9.76. The van der Waals surface area contributed by atoms with Crippen molar-refractivity contribution in [1.82, 2.24) is 24.8 Å². The molecule has 3 heterocycles. The van der Waals surface area contributed by atoms with Gasteiger partial charge in [-0.2, -0.15) is 5.10 Å². The van der Waals surface area contributed by atoms with E-state index in [1.165, 1.54) is 6.33 Å². The van der Waals surface area contributed by atoms with Crippen LogP contribution in [0.3, 0.4) is 0 Å². The molecule has 0 amide bonds. The van der Waals surface area contributed by atoms with Gasteiger partial charge < -0.3 is 10.2 Å². The Morgan fingerprint density at radius 1 is 1.29 bits per heavy atom. The van der Waals surface area contributed by atoms with E-state index in [1.807, 2.05) is 13.0 Å². The average molecular weight is 230 g/mol. The van der Waals surface area contributed by atoms with Gasteiger partial charge in [0.1, 0.15) is 11.8 Å². The molecule has 0 aromatic carbocycles. The molecule has 2 N–H and O–H groups in total. The van der Waals surface area contributed by atoms with Gasteiger partial charge in [0.2, 0.25) is 11.8 Å². The van der Waals surface area contributed by atoms with E-state index >= 15 is 0 Å². The number of hydrogen-bond acceptors (Lipinski definition) is 6. The van der Waals surface area contributed by atoms with Crippen LogP contribution in [0.2, 0.25) is 0 Å². The predicted molar refractivity (Wildman–Crippen MR) is 60.2 cm³/mol. The second kappa shape index (κ2) is 3.27. The van der Waals surface area contributed by atoms with Crippen LogP contribution in [0.1, 0.15) is 11.6 Å². The molecule has 0 bridgehead atoms.